The van der Waals surface area contributed by atoms with E-state index in [-0.39, 0.29) is 11.9 Å². The maximum atomic E-state index is 11.3. The summed E-state index contributed by atoms with van der Waals surface area (Å²) in [6.07, 6.45) is 3.11. The smallest absolute Gasteiger partial charge is 0.234 e. The molecule has 19 heavy (non-hydrogen) atoms. The van der Waals surface area contributed by atoms with Gasteiger partial charge in [-0.3, -0.25) is 4.79 Å². The average molecular weight is 270 g/mol. The summed E-state index contributed by atoms with van der Waals surface area (Å²) in [5, 5.41) is 3.22. The Morgan fingerprint density at radius 1 is 1.58 bits per heavy atom. The summed E-state index contributed by atoms with van der Waals surface area (Å²) in [6, 6.07) is -0.186. The van der Waals surface area contributed by atoms with Gasteiger partial charge < -0.3 is 20.9 Å². The van der Waals surface area contributed by atoms with Crippen molar-refractivity contribution in [2.24, 2.45) is 11.7 Å². The number of nitrogens with zero attached hydrogens (tertiary/aromatic N) is 2. The average Bonchev–Trinajstić information content (AvgIpc) is 2.74. The van der Waals surface area contributed by atoms with Crippen LogP contribution in [0.5, 0.6) is 0 Å². The van der Waals surface area contributed by atoms with E-state index in [0.29, 0.717) is 0 Å². The number of carbonyl (C=O) groups excluding carboxylic acids is 1. The molecule has 2 unspecified atom stereocenters. The molecule has 3 N–H and O–H groups in total. The minimum absolute atomic E-state index is 0.186. The minimum Gasteiger partial charge on any atom is -0.368 e. The van der Waals surface area contributed by atoms with E-state index in [1.165, 1.54) is 19.5 Å². The van der Waals surface area contributed by atoms with Crippen LogP contribution in [0, 0.1) is 5.92 Å². The molecule has 0 aromatic heterocycles. The molecule has 2 atom stereocenters. The summed E-state index contributed by atoms with van der Waals surface area (Å²) in [4.78, 5) is 16.0. The molecule has 0 spiro atoms. The van der Waals surface area contributed by atoms with Gasteiger partial charge in [0.1, 0.15) is 0 Å². The quantitative estimate of drug-likeness (QED) is 0.624. The number of likely N-dealkylation sites (tertiary alicyclic amines) is 1. The molecule has 0 bridgehead atoms. The zero-order chi connectivity index (χ0) is 14.3. The second-order valence-electron chi connectivity index (χ2n) is 5.88. The summed E-state index contributed by atoms with van der Waals surface area (Å²) in [5.74, 6) is 0.535. The molecule has 0 saturated carbocycles. The number of carbonyl (C=O) groups is 1. The van der Waals surface area contributed by atoms with Crippen LogP contribution in [0.25, 0.3) is 0 Å². The highest BCUT2D eigenvalue weighted by Crippen LogP contribution is 2.15. The van der Waals surface area contributed by atoms with Gasteiger partial charge in [-0.15, -0.1) is 0 Å². The summed E-state index contributed by atoms with van der Waals surface area (Å²) in [5.41, 5.74) is 5.42. The SMILES string of the molecule is CCCNC(CCN(C)CC1CCN(C)C1)C(N)=O. The van der Waals surface area contributed by atoms with Crippen molar-refractivity contribution in [3.05, 3.63) is 0 Å². The zero-order valence-corrected chi connectivity index (χ0v) is 12.7. The van der Waals surface area contributed by atoms with Crippen LogP contribution in [0.2, 0.25) is 0 Å². The van der Waals surface area contributed by atoms with Crippen molar-refractivity contribution in [1.82, 2.24) is 15.1 Å². The van der Waals surface area contributed by atoms with Gasteiger partial charge in [0.25, 0.3) is 0 Å². The first-order chi connectivity index (χ1) is 9.02. The van der Waals surface area contributed by atoms with Gasteiger partial charge in [-0.25, -0.2) is 0 Å². The topological polar surface area (TPSA) is 61.6 Å². The van der Waals surface area contributed by atoms with Crippen molar-refractivity contribution in [3.8, 4) is 0 Å². The Kier molecular flexibility index (Phi) is 7.34. The number of rotatable bonds is 9. The Morgan fingerprint density at radius 2 is 2.32 bits per heavy atom. The maximum Gasteiger partial charge on any atom is 0.234 e. The van der Waals surface area contributed by atoms with E-state index in [1.807, 2.05) is 0 Å². The fraction of sp³-hybridized carbons (Fsp3) is 0.929. The third kappa shape index (κ3) is 6.36. The number of nitrogens with one attached hydrogen (secondary N) is 1. The molecule has 5 nitrogen and oxygen atoms in total. The predicted octanol–water partition coefficient (Wildman–Crippen LogP) is 0.114. The van der Waals surface area contributed by atoms with Crippen LogP contribution >= 0.6 is 0 Å². The first-order valence-electron chi connectivity index (χ1n) is 7.42. The van der Waals surface area contributed by atoms with E-state index >= 15 is 0 Å². The van der Waals surface area contributed by atoms with E-state index in [4.69, 9.17) is 5.73 Å². The lowest BCUT2D eigenvalue weighted by atomic mass is 10.1. The van der Waals surface area contributed by atoms with Crippen LogP contribution in [0.4, 0.5) is 0 Å². The molecule has 112 valence electrons. The van der Waals surface area contributed by atoms with Crippen molar-refractivity contribution in [2.75, 3.05) is 46.8 Å². The van der Waals surface area contributed by atoms with E-state index < -0.39 is 0 Å². The largest absolute Gasteiger partial charge is 0.368 e. The minimum atomic E-state index is -0.234. The van der Waals surface area contributed by atoms with E-state index in [9.17, 15) is 4.79 Å². The van der Waals surface area contributed by atoms with Gasteiger partial charge in [-0.2, -0.15) is 0 Å². The van der Waals surface area contributed by atoms with Crippen LogP contribution < -0.4 is 11.1 Å². The van der Waals surface area contributed by atoms with Crippen LogP contribution in [0.15, 0.2) is 0 Å². The van der Waals surface area contributed by atoms with Crippen molar-refractivity contribution in [3.63, 3.8) is 0 Å². The molecule has 0 aromatic carbocycles. The van der Waals surface area contributed by atoms with Crippen LogP contribution in [0.3, 0.4) is 0 Å². The van der Waals surface area contributed by atoms with Gasteiger partial charge in [-0.05, 0) is 58.9 Å². The van der Waals surface area contributed by atoms with E-state index in [0.717, 1.165) is 38.4 Å². The summed E-state index contributed by atoms with van der Waals surface area (Å²) in [6.45, 7) is 7.38. The van der Waals surface area contributed by atoms with Crippen LogP contribution in [0.1, 0.15) is 26.2 Å². The lowest BCUT2D eigenvalue weighted by molar-refractivity contribution is -0.120. The first-order valence-corrected chi connectivity index (χ1v) is 7.42. The van der Waals surface area contributed by atoms with Gasteiger partial charge in [0.2, 0.25) is 5.91 Å². The highest BCUT2D eigenvalue weighted by Gasteiger charge is 2.21. The fourth-order valence-electron chi connectivity index (χ4n) is 2.72. The summed E-state index contributed by atoms with van der Waals surface area (Å²) >= 11 is 0. The lowest BCUT2D eigenvalue weighted by Gasteiger charge is -2.23. The van der Waals surface area contributed by atoms with Crippen LogP contribution in [-0.2, 0) is 4.79 Å². The van der Waals surface area contributed by atoms with Gasteiger partial charge in [0, 0.05) is 13.1 Å². The van der Waals surface area contributed by atoms with Gasteiger partial charge in [-0.1, -0.05) is 6.92 Å². The molecule has 1 rings (SSSR count). The highest BCUT2D eigenvalue weighted by molar-refractivity contribution is 5.79. The second-order valence-corrected chi connectivity index (χ2v) is 5.88. The molecule has 5 heteroatoms. The Bertz CT molecular complexity index is 272. The molecule has 1 aliphatic rings. The molecular weight excluding hydrogens is 240 g/mol. The third-order valence-corrected chi connectivity index (χ3v) is 3.84. The summed E-state index contributed by atoms with van der Waals surface area (Å²) < 4.78 is 0. The van der Waals surface area contributed by atoms with Crippen LogP contribution in [-0.4, -0.2) is 68.6 Å². The molecule has 1 saturated heterocycles. The molecule has 0 aromatic rings. The Morgan fingerprint density at radius 3 is 2.84 bits per heavy atom. The standard InChI is InChI=1S/C14H30N4O/c1-4-7-16-13(14(15)19)6-9-18(3)11-12-5-8-17(2)10-12/h12-13,16H,4-11H2,1-3H3,(H2,15,19). The van der Waals surface area contributed by atoms with E-state index in [2.05, 4.69) is 36.1 Å². The Labute approximate surface area is 117 Å². The second kappa shape index (κ2) is 8.51. The number of amides is 1. The molecule has 1 aliphatic heterocycles. The van der Waals surface area contributed by atoms with Gasteiger partial charge in [0.05, 0.1) is 6.04 Å². The first kappa shape index (κ1) is 16.4. The number of hydrogen-bond donors (Lipinski definition) is 2. The normalized spacial score (nSPS) is 22.0. The Hall–Kier alpha value is -0.650. The highest BCUT2D eigenvalue weighted by atomic mass is 16.1. The zero-order valence-electron chi connectivity index (χ0n) is 12.7. The van der Waals surface area contributed by atoms with Crippen molar-refractivity contribution in [1.29, 1.82) is 0 Å². The van der Waals surface area contributed by atoms with Gasteiger partial charge in [0.15, 0.2) is 0 Å². The predicted molar refractivity (Wildman–Crippen MR) is 79.0 cm³/mol. The third-order valence-electron chi connectivity index (χ3n) is 3.84. The number of primary amides is 1. The summed E-state index contributed by atoms with van der Waals surface area (Å²) in [7, 11) is 4.31. The van der Waals surface area contributed by atoms with Gasteiger partial charge >= 0.3 is 0 Å². The number of nitrogens with two attached hydrogens (primary N) is 1. The molecule has 0 radical (unpaired) electrons. The Balaban J connectivity index is 2.23. The molecule has 1 amide bonds. The number of hydrogen-bond acceptors (Lipinski definition) is 4. The lowest BCUT2D eigenvalue weighted by Crippen LogP contribution is -2.44. The van der Waals surface area contributed by atoms with Crippen molar-refractivity contribution < 1.29 is 4.79 Å². The van der Waals surface area contributed by atoms with E-state index in [1.54, 1.807) is 0 Å². The van der Waals surface area contributed by atoms with Crippen molar-refractivity contribution >= 4 is 5.91 Å². The fourth-order valence-corrected chi connectivity index (χ4v) is 2.72. The molecule has 1 heterocycles. The van der Waals surface area contributed by atoms with Crippen molar-refractivity contribution in [2.45, 2.75) is 32.2 Å². The molecule has 1 fully saturated rings. The molecule has 0 aliphatic carbocycles. The molecular formula is C14H30N4O. The maximum absolute atomic E-state index is 11.3. The monoisotopic (exact) mass is 270 g/mol.